The van der Waals surface area contributed by atoms with Gasteiger partial charge in [0, 0.05) is 6.20 Å². The Morgan fingerprint density at radius 3 is 2.86 bits per heavy atom. The lowest BCUT2D eigenvalue weighted by Crippen LogP contribution is -2.13. The fraction of sp³-hybridized carbons (Fsp3) is 0.143. The van der Waals surface area contributed by atoms with Crippen LogP contribution in [0.2, 0.25) is 0 Å². The molecule has 0 aliphatic rings. The van der Waals surface area contributed by atoms with E-state index >= 15 is 0 Å². The fourth-order valence-electron chi connectivity index (χ4n) is 1.81. The van der Waals surface area contributed by atoms with Gasteiger partial charge in [0.1, 0.15) is 17.0 Å². The number of ether oxygens (including phenoxy) is 1. The number of aryl methyl sites for hydroxylation is 1. The van der Waals surface area contributed by atoms with Crippen LogP contribution in [0.25, 0.3) is 10.2 Å². The van der Waals surface area contributed by atoms with E-state index in [9.17, 15) is 4.79 Å². The molecule has 0 saturated carbocycles. The minimum atomic E-state index is -0.333. The number of anilines is 1. The van der Waals surface area contributed by atoms with Gasteiger partial charge in [-0.15, -0.1) is 0 Å². The van der Waals surface area contributed by atoms with Crippen molar-refractivity contribution in [3.05, 3.63) is 42.0 Å². The average Bonchev–Trinajstić information content (AvgIpc) is 2.90. The zero-order valence-corrected chi connectivity index (χ0v) is 12.3. The van der Waals surface area contributed by atoms with Gasteiger partial charge in [-0.05, 0) is 19.1 Å². The third-order valence-corrected chi connectivity index (χ3v) is 3.77. The number of amides is 1. The molecular formula is C14H12N4O2S. The molecule has 0 radical (unpaired) electrons. The summed E-state index contributed by atoms with van der Waals surface area (Å²) in [4.78, 5) is 24.5. The maximum Gasteiger partial charge on any atom is 0.277 e. The summed E-state index contributed by atoms with van der Waals surface area (Å²) in [5.41, 5.74) is 1.75. The zero-order chi connectivity index (χ0) is 14.8. The number of nitrogens with one attached hydrogen (secondary N) is 1. The van der Waals surface area contributed by atoms with E-state index in [-0.39, 0.29) is 11.6 Å². The number of rotatable bonds is 3. The van der Waals surface area contributed by atoms with E-state index in [1.807, 2.05) is 25.1 Å². The molecule has 0 bridgehead atoms. The third kappa shape index (κ3) is 2.68. The van der Waals surface area contributed by atoms with Crippen molar-refractivity contribution in [2.24, 2.45) is 0 Å². The highest BCUT2D eigenvalue weighted by Gasteiger charge is 2.13. The van der Waals surface area contributed by atoms with Crippen molar-refractivity contribution in [3.8, 4) is 5.75 Å². The summed E-state index contributed by atoms with van der Waals surface area (Å²) in [5.74, 6) is 0.347. The van der Waals surface area contributed by atoms with Gasteiger partial charge in [0.2, 0.25) is 0 Å². The number of carbonyl (C=O) groups excluding carboxylic acids is 1. The average molecular weight is 300 g/mol. The van der Waals surface area contributed by atoms with E-state index in [1.165, 1.54) is 17.5 Å². The van der Waals surface area contributed by atoms with Gasteiger partial charge in [-0.2, -0.15) is 0 Å². The molecule has 6 nitrogen and oxygen atoms in total. The maximum absolute atomic E-state index is 12.1. The SMILES string of the molecule is COc1cccc2sc(NC(=O)c3cnc(C)cn3)nc12. The second kappa shape index (κ2) is 5.45. The molecule has 2 aromatic heterocycles. The second-order valence-corrected chi connectivity index (χ2v) is 5.35. The molecule has 106 valence electrons. The largest absolute Gasteiger partial charge is 0.494 e. The van der Waals surface area contributed by atoms with E-state index in [0.717, 1.165) is 15.9 Å². The maximum atomic E-state index is 12.1. The van der Waals surface area contributed by atoms with Gasteiger partial charge in [0.05, 0.1) is 23.7 Å². The van der Waals surface area contributed by atoms with Crippen molar-refractivity contribution in [1.29, 1.82) is 0 Å². The van der Waals surface area contributed by atoms with Crippen LogP contribution in [0.5, 0.6) is 5.75 Å². The number of hydrogen-bond donors (Lipinski definition) is 1. The quantitative estimate of drug-likeness (QED) is 0.804. The minimum Gasteiger partial charge on any atom is -0.494 e. The molecule has 0 spiro atoms. The molecule has 0 aliphatic heterocycles. The van der Waals surface area contributed by atoms with Crippen LogP contribution in [0, 0.1) is 6.92 Å². The Kier molecular flexibility index (Phi) is 3.49. The van der Waals surface area contributed by atoms with Crippen LogP contribution in [0.15, 0.2) is 30.6 Å². The molecule has 1 N–H and O–H groups in total. The number of hydrogen-bond acceptors (Lipinski definition) is 6. The first kappa shape index (κ1) is 13.4. The molecule has 3 aromatic rings. The number of fused-ring (bicyclic) bond motifs is 1. The summed E-state index contributed by atoms with van der Waals surface area (Å²) in [6, 6.07) is 5.65. The van der Waals surface area contributed by atoms with Gasteiger partial charge in [0.15, 0.2) is 5.13 Å². The van der Waals surface area contributed by atoms with Crippen molar-refractivity contribution in [2.45, 2.75) is 6.92 Å². The van der Waals surface area contributed by atoms with E-state index < -0.39 is 0 Å². The Balaban J connectivity index is 1.88. The molecule has 0 aliphatic carbocycles. The highest BCUT2D eigenvalue weighted by molar-refractivity contribution is 7.22. The smallest absolute Gasteiger partial charge is 0.277 e. The Morgan fingerprint density at radius 1 is 1.29 bits per heavy atom. The van der Waals surface area contributed by atoms with Crippen molar-refractivity contribution in [1.82, 2.24) is 15.0 Å². The molecule has 7 heteroatoms. The lowest BCUT2D eigenvalue weighted by Gasteiger charge is -2.00. The van der Waals surface area contributed by atoms with Gasteiger partial charge in [0.25, 0.3) is 5.91 Å². The summed E-state index contributed by atoms with van der Waals surface area (Å²) in [5, 5.41) is 3.23. The van der Waals surface area contributed by atoms with Crippen molar-refractivity contribution >= 4 is 32.6 Å². The highest BCUT2D eigenvalue weighted by atomic mass is 32.1. The Bertz CT molecular complexity index is 798. The van der Waals surface area contributed by atoms with Crippen LogP contribution in [-0.4, -0.2) is 28.0 Å². The third-order valence-electron chi connectivity index (χ3n) is 2.84. The molecule has 1 amide bonds. The van der Waals surface area contributed by atoms with Gasteiger partial charge < -0.3 is 4.74 Å². The number of carbonyl (C=O) groups is 1. The topological polar surface area (TPSA) is 77.0 Å². The van der Waals surface area contributed by atoms with E-state index in [1.54, 1.807) is 13.3 Å². The predicted molar refractivity (Wildman–Crippen MR) is 80.9 cm³/mol. The van der Waals surface area contributed by atoms with E-state index in [0.29, 0.717) is 10.9 Å². The summed E-state index contributed by atoms with van der Waals surface area (Å²) in [7, 11) is 1.59. The molecule has 0 unspecified atom stereocenters. The first-order valence-corrected chi connectivity index (χ1v) is 7.02. The van der Waals surface area contributed by atoms with Gasteiger partial charge in [-0.25, -0.2) is 9.97 Å². The standard InChI is InChI=1S/C14H12N4O2S/c1-8-6-16-9(7-15-8)13(19)18-14-17-12-10(20-2)4-3-5-11(12)21-14/h3-7H,1-2H3,(H,17,18,19). The zero-order valence-electron chi connectivity index (χ0n) is 11.5. The van der Waals surface area contributed by atoms with Crippen LogP contribution in [-0.2, 0) is 0 Å². The Hall–Kier alpha value is -2.54. The number of benzene rings is 1. The van der Waals surface area contributed by atoms with E-state index in [2.05, 4.69) is 20.3 Å². The first-order valence-electron chi connectivity index (χ1n) is 6.21. The molecule has 1 aromatic carbocycles. The Morgan fingerprint density at radius 2 is 2.14 bits per heavy atom. The number of methoxy groups -OCH3 is 1. The first-order chi connectivity index (χ1) is 10.2. The van der Waals surface area contributed by atoms with Gasteiger partial charge >= 0.3 is 0 Å². The van der Waals surface area contributed by atoms with Crippen LogP contribution in [0.4, 0.5) is 5.13 Å². The molecule has 3 rings (SSSR count). The van der Waals surface area contributed by atoms with Crippen LogP contribution in [0.3, 0.4) is 0 Å². The Labute approximate surface area is 124 Å². The van der Waals surface area contributed by atoms with Crippen LogP contribution < -0.4 is 10.1 Å². The molecule has 21 heavy (non-hydrogen) atoms. The van der Waals surface area contributed by atoms with Crippen molar-refractivity contribution in [2.75, 3.05) is 12.4 Å². The minimum absolute atomic E-state index is 0.256. The lowest BCUT2D eigenvalue weighted by atomic mass is 10.3. The molecular weight excluding hydrogens is 288 g/mol. The fourth-order valence-corrected chi connectivity index (χ4v) is 2.69. The molecule has 0 saturated heterocycles. The molecule has 0 atom stereocenters. The van der Waals surface area contributed by atoms with Crippen LogP contribution >= 0.6 is 11.3 Å². The highest BCUT2D eigenvalue weighted by Crippen LogP contribution is 2.32. The number of aromatic nitrogens is 3. The van der Waals surface area contributed by atoms with Crippen molar-refractivity contribution < 1.29 is 9.53 Å². The van der Waals surface area contributed by atoms with Crippen molar-refractivity contribution in [3.63, 3.8) is 0 Å². The number of thiazole rings is 1. The predicted octanol–water partition coefficient (Wildman–Crippen LogP) is 2.66. The normalized spacial score (nSPS) is 10.6. The second-order valence-electron chi connectivity index (χ2n) is 4.32. The van der Waals surface area contributed by atoms with Gasteiger partial charge in [-0.3, -0.25) is 15.1 Å². The number of para-hydroxylation sites is 1. The summed E-state index contributed by atoms with van der Waals surface area (Å²) in [6.45, 7) is 1.81. The van der Waals surface area contributed by atoms with E-state index in [4.69, 9.17) is 4.74 Å². The van der Waals surface area contributed by atoms with Crippen LogP contribution in [0.1, 0.15) is 16.2 Å². The summed E-state index contributed by atoms with van der Waals surface area (Å²) < 4.78 is 6.20. The summed E-state index contributed by atoms with van der Waals surface area (Å²) >= 11 is 1.38. The summed E-state index contributed by atoms with van der Waals surface area (Å²) in [6.07, 6.45) is 2.99. The monoisotopic (exact) mass is 300 g/mol. The number of nitrogens with zero attached hydrogens (tertiary/aromatic N) is 3. The lowest BCUT2D eigenvalue weighted by molar-refractivity contribution is 0.102. The van der Waals surface area contributed by atoms with Gasteiger partial charge in [-0.1, -0.05) is 17.4 Å². The molecule has 0 fully saturated rings. The molecule has 2 heterocycles.